The van der Waals surface area contributed by atoms with Gasteiger partial charge in [0.1, 0.15) is 5.78 Å². The van der Waals surface area contributed by atoms with Crippen LogP contribution in [0.3, 0.4) is 0 Å². The standard InChI is InChI=1S/C23H30N2O5/c1-4-23(10-11-23)19(26)15-20(27)25-18-9-7-8-17(14-18)21(28)24-12-5-6-13-30-22(29)16(2)3/h7-9,14H,2,4-6,10-13,15H2,1,3H3,(H,24,28)(H,25,27). The van der Waals surface area contributed by atoms with Crippen LogP contribution in [0.2, 0.25) is 0 Å². The number of unbranched alkanes of at least 4 members (excludes halogenated alkanes) is 1. The highest BCUT2D eigenvalue weighted by atomic mass is 16.5. The van der Waals surface area contributed by atoms with E-state index in [4.69, 9.17) is 4.74 Å². The fourth-order valence-corrected chi connectivity index (χ4v) is 3.08. The normalized spacial score (nSPS) is 13.8. The van der Waals surface area contributed by atoms with Gasteiger partial charge in [0, 0.05) is 28.8 Å². The third-order valence-corrected chi connectivity index (χ3v) is 5.29. The van der Waals surface area contributed by atoms with Crippen molar-refractivity contribution < 1.29 is 23.9 Å². The molecule has 2 rings (SSSR count). The number of carbonyl (C=O) groups excluding carboxylic acids is 4. The molecule has 1 aliphatic carbocycles. The summed E-state index contributed by atoms with van der Waals surface area (Å²) in [6.07, 6.45) is 3.64. The predicted molar refractivity (Wildman–Crippen MR) is 114 cm³/mol. The van der Waals surface area contributed by atoms with Gasteiger partial charge in [0.2, 0.25) is 5.91 Å². The average Bonchev–Trinajstić information content (AvgIpc) is 3.51. The van der Waals surface area contributed by atoms with Gasteiger partial charge in [0.25, 0.3) is 5.91 Å². The van der Waals surface area contributed by atoms with Gasteiger partial charge in [-0.3, -0.25) is 14.4 Å². The van der Waals surface area contributed by atoms with Crippen molar-refractivity contribution in [2.24, 2.45) is 5.41 Å². The summed E-state index contributed by atoms with van der Waals surface area (Å²) in [6.45, 7) is 7.79. The number of ketones is 1. The van der Waals surface area contributed by atoms with Gasteiger partial charge in [0.05, 0.1) is 13.0 Å². The number of ether oxygens (including phenoxy) is 1. The molecule has 0 unspecified atom stereocenters. The largest absolute Gasteiger partial charge is 0.462 e. The quantitative estimate of drug-likeness (QED) is 0.236. The molecule has 0 atom stereocenters. The zero-order chi connectivity index (χ0) is 22.1. The van der Waals surface area contributed by atoms with Gasteiger partial charge >= 0.3 is 5.97 Å². The molecule has 30 heavy (non-hydrogen) atoms. The van der Waals surface area contributed by atoms with E-state index in [1.807, 2.05) is 6.92 Å². The molecule has 7 nitrogen and oxygen atoms in total. The van der Waals surface area contributed by atoms with E-state index in [1.165, 1.54) is 0 Å². The molecule has 2 N–H and O–H groups in total. The molecule has 7 heteroatoms. The van der Waals surface area contributed by atoms with Crippen LogP contribution in [0.15, 0.2) is 36.4 Å². The van der Waals surface area contributed by atoms with Crippen LogP contribution < -0.4 is 10.6 Å². The highest BCUT2D eigenvalue weighted by Crippen LogP contribution is 2.50. The van der Waals surface area contributed by atoms with Crippen LogP contribution in [-0.2, 0) is 19.1 Å². The summed E-state index contributed by atoms with van der Waals surface area (Å²) in [6, 6.07) is 6.60. The maximum absolute atomic E-state index is 12.3. The molecule has 1 aliphatic rings. The Kier molecular flexibility index (Phi) is 8.33. The molecule has 162 valence electrons. The molecular formula is C23H30N2O5. The van der Waals surface area contributed by atoms with Crippen molar-refractivity contribution in [1.29, 1.82) is 0 Å². The molecule has 1 saturated carbocycles. The Bertz CT molecular complexity index is 827. The van der Waals surface area contributed by atoms with Crippen molar-refractivity contribution in [3.8, 4) is 0 Å². The molecule has 0 spiro atoms. The van der Waals surface area contributed by atoms with Crippen LogP contribution in [0.25, 0.3) is 0 Å². The van der Waals surface area contributed by atoms with Gasteiger partial charge in [0.15, 0.2) is 0 Å². The van der Waals surface area contributed by atoms with Gasteiger partial charge in [-0.15, -0.1) is 0 Å². The van der Waals surface area contributed by atoms with Crippen molar-refractivity contribution in [2.75, 3.05) is 18.5 Å². The van der Waals surface area contributed by atoms with Crippen molar-refractivity contribution in [1.82, 2.24) is 5.32 Å². The summed E-state index contributed by atoms with van der Waals surface area (Å²) in [5, 5.41) is 5.49. The molecule has 0 saturated heterocycles. The smallest absolute Gasteiger partial charge is 0.333 e. The number of esters is 1. The van der Waals surface area contributed by atoms with Crippen LogP contribution in [0.5, 0.6) is 0 Å². The topological polar surface area (TPSA) is 102 Å². The van der Waals surface area contributed by atoms with Crippen molar-refractivity contribution in [3.63, 3.8) is 0 Å². The second-order valence-corrected chi connectivity index (χ2v) is 7.74. The first-order valence-electron chi connectivity index (χ1n) is 10.3. The zero-order valence-corrected chi connectivity index (χ0v) is 17.7. The minimum Gasteiger partial charge on any atom is -0.462 e. The number of rotatable bonds is 12. The van der Waals surface area contributed by atoms with Crippen LogP contribution in [0, 0.1) is 5.41 Å². The van der Waals surface area contributed by atoms with Crippen molar-refractivity contribution in [3.05, 3.63) is 42.0 Å². The lowest BCUT2D eigenvalue weighted by Crippen LogP contribution is -2.25. The first-order chi connectivity index (χ1) is 14.3. The van der Waals surface area contributed by atoms with E-state index in [-0.39, 0.29) is 36.0 Å². The first-order valence-corrected chi connectivity index (χ1v) is 10.3. The van der Waals surface area contributed by atoms with Crippen molar-refractivity contribution in [2.45, 2.75) is 52.4 Å². The molecule has 1 aromatic carbocycles. The van der Waals surface area contributed by atoms with Gasteiger partial charge in [-0.2, -0.15) is 0 Å². The number of Topliss-reactive ketones (excluding diaryl/α,β-unsaturated/α-hetero) is 1. The maximum atomic E-state index is 12.3. The molecular weight excluding hydrogens is 384 g/mol. The first kappa shape index (κ1) is 23.3. The molecule has 0 radical (unpaired) electrons. The minimum absolute atomic E-state index is 0.00896. The minimum atomic E-state index is -0.415. The number of hydrogen-bond donors (Lipinski definition) is 2. The Balaban J connectivity index is 1.74. The van der Waals surface area contributed by atoms with Gasteiger partial charge in [-0.25, -0.2) is 4.79 Å². The van der Waals surface area contributed by atoms with Gasteiger partial charge in [-0.05, 0) is 57.2 Å². The Morgan fingerprint density at radius 3 is 2.53 bits per heavy atom. The summed E-state index contributed by atoms with van der Waals surface area (Å²) in [4.78, 5) is 48.0. The maximum Gasteiger partial charge on any atom is 0.333 e. The monoisotopic (exact) mass is 414 g/mol. The number of hydrogen-bond acceptors (Lipinski definition) is 5. The SMILES string of the molecule is C=C(C)C(=O)OCCCCNC(=O)c1cccc(NC(=O)CC(=O)C2(CC)CC2)c1. The molecule has 0 heterocycles. The van der Waals surface area contributed by atoms with Crippen LogP contribution >= 0.6 is 0 Å². The Morgan fingerprint density at radius 2 is 1.90 bits per heavy atom. The van der Waals surface area contributed by atoms with E-state index in [2.05, 4.69) is 17.2 Å². The Labute approximate surface area is 177 Å². The van der Waals surface area contributed by atoms with Gasteiger partial charge < -0.3 is 15.4 Å². The molecule has 0 aromatic heterocycles. The van der Waals surface area contributed by atoms with E-state index >= 15 is 0 Å². The lowest BCUT2D eigenvalue weighted by atomic mass is 9.95. The molecule has 1 fully saturated rings. The van der Waals surface area contributed by atoms with E-state index in [0.29, 0.717) is 36.2 Å². The summed E-state index contributed by atoms with van der Waals surface area (Å²) in [5.41, 5.74) is 0.965. The number of anilines is 1. The van der Waals surface area contributed by atoms with Gasteiger partial charge in [-0.1, -0.05) is 19.6 Å². The summed E-state index contributed by atoms with van der Waals surface area (Å²) in [7, 11) is 0. The van der Waals surface area contributed by atoms with Crippen LogP contribution in [0.4, 0.5) is 5.69 Å². The Hall–Kier alpha value is -2.96. The molecule has 2 amide bonds. The average molecular weight is 415 g/mol. The highest BCUT2D eigenvalue weighted by molar-refractivity contribution is 6.07. The fraction of sp³-hybridized carbons (Fsp3) is 0.478. The lowest BCUT2D eigenvalue weighted by molar-refractivity contribution is -0.139. The third kappa shape index (κ3) is 6.83. The van der Waals surface area contributed by atoms with E-state index in [9.17, 15) is 19.2 Å². The number of nitrogens with one attached hydrogen (secondary N) is 2. The van der Waals surface area contributed by atoms with Crippen molar-refractivity contribution >= 4 is 29.3 Å². The van der Waals surface area contributed by atoms with Crippen LogP contribution in [0.1, 0.15) is 62.7 Å². The number of carbonyl (C=O) groups is 4. The Morgan fingerprint density at radius 1 is 1.17 bits per heavy atom. The highest BCUT2D eigenvalue weighted by Gasteiger charge is 2.47. The second kappa shape index (κ2) is 10.7. The fourth-order valence-electron chi connectivity index (χ4n) is 3.08. The summed E-state index contributed by atoms with van der Waals surface area (Å²) in [5.74, 6) is -1.04. The van der Waals surface area contributed by atoms with E-state index < -0.39 is 5.97 Å². The van der Waals surface area contributed by atoms with E-state index in [0.717, 1.165) is 19.3 Å². The molecule has 0 aliphatic heterocycles. The zero-order valence-electron chi connectivity index (χ0n) is 17.7. The second-order valence-electron chi connectivity index (χ2n) is 7.74. The van der Waals surface area contributed by atoms with Crippen LogP contribution in [-0.4, -0.2) is 36.7 Å². The van der Waals surface area contributed by atoms with E-state index in [1.54, 1.807) is 31.2 Å². The predicted octanol–water partition coefficient (Wildman–Crippen LogP) is 3.40. The number of amides is 2. The molecule has 1 aromatic rings. The number of benzene rings is 1. The lowest BCUT2D eigenvalue weighted by Gasteiger charge is -2.11. The third-order valence-electron chi connectivity index (χ3n) is 5.29. The summed E-state index contributed by atoms with van der Waals surface area (Å²) < 4.78 is 4.99. The summed E-state index contributed by atoms with van der Waals surface area (Å²) >= 11 is 0. The molecule has 0 bridgehead atoms.